The Hall–Kier alpha value is -6.50. The molecular formula is C42H60N10O9. The second-order valence-corrected chi connectivity index (χ2v) is 13.9. The van der Waals surface area contributed by atoms with Gasteiger partial charge in [-0.15, -0.1) is 0 Å². The number of ether oxygens (including phenoxy) is 7. The molecule has 61 heavy (non-hydrogen) atoms. The average molecular weight is 849 g/mol. The number of methoxy groups -OCH3 is 4. The van der Waals surface area contributed by atoms with Gasteiger partial charge in [0.25, 0.3) is 0 Å². The Morgan fingerprint density at radius 3 is 1.26 bits per heavy atom. The number of nitrogen functional groups attached to an aromatic ring is 4. The maximum atomic E-state index is 12.3. The van der Waals surface area contributed by atoms with Crippen molar-refractivity contribution in [2.24, 2.45) is 0 Å². The van der Waals surface area contributed by atoms with Crippen molar-refractivity contribution in [1.82, 2.24) is 30.6 Å². The maximum Gasteiger partial charge on any atom is 0.221 e. The molecule has 0 unspecified atom stereocenters. The van der Waals surface area contributed by atoms with E-state index in [1.807, 2.05) is 24.3 Å². The fourth-order valence-electron chi connectivity index (χ4n) is 6.14. The van der Waals surface area contributed by atoms with Gasteiger partial charge in [0.1, 0.15) is 11.6 Å². The number of carbonyl (C=O) groups is 2. The summed E-state index contributed by atoms with van der Waals surface area (Å²) in [7, 11) is 6.23. The van der Waals surface area contributed by atoms with Crippen molar-refractivity contribution in [3.05, 3.63) is 58.9 Å². The number of nitrogens with zero attached hydrogens (tertiary/aromatic N) is 4. The van der Waals surface area contributed by atoms with Crippen molar-refractivity contribution in [3.8, 4) is 34.5 Å². The third-order valence-corrected chi connectivity index (χ3v) is 9.33. The molecule has 19 nitrogen and oxygen atoms in total. The monoisotopic (exact) mass is 848 g/mol. The molecule has 0 aliphatic carbocycles. The molecule has 0 aliphatic heterocycles. The zero-order chi connectivity index (χ0) is 44.0. The van der Waals surface area contributed by atoms with E-state index in [1.165, 1.54) is 0 Å². The SMILES string of the molecule is COc1cc(Cc2cnc(N)nc2N)cc(OC)c1OCCCCC(=O)NCCCOCCCNC(=O)CCCCOc1c(OC)cc(Cc2cnc(N)nc2N)cc1OC. The normalized spacial score (nSPS) is 10.8. The first-order chi connectivity index (χ1) is 29.5. The molecule has 0 fully saturated rings. The first-order valence-corrected chi connectivity index (χ1v) is 20.1. The molecule has 0 aliphatic rings. The lowest BCUT2D eigenvalue weighted by molar-refractivity contribution is -0.122. The Morgan fingerprint density at radius 1 is 0.541 bits per heavy atom. The van der Waals surface area contributed by atoms with E-state index >= 15 is 0 Å². The van der Waals surface area contributed by atoms with Crippen LogP contribution in [-0.4, -0.2) is 99.7 Å². The van der Waals surface area contributed by atoms with Gasteiger partial charge in [-0.2, -0.15) is 9.97 Å². The molecule has 2 heterocycles. The molecule has 0 bridgehead atoms. The molecule has 0 spiro atoms. The number of hydrogen-bond donors (Lipinski definition) is 6. The van der Waals surface area contributed by atoms with E-state index in [-0.39, 0.29) is 23.7 Å². The van der Waals surface area contributed by atoms with Crippen LogP contribution in [0.25, 0.3) is 0 Å². The van der Waals surface area contributed by atoms with Gasteiger partial charge in [-0.25, -0.2) is 9.97 Å². The third-order valence-electron chi connectivity index (χ3n) is 9.33. The van der Waals surface area contributed by atoms with Crippen molar-refractivity contribution in [1.29, 1.82) is 0 Å². The van der Waals surface area contributed by atoms with Gasteiger partial charge in [-0.1, -0.05) is 0 Å². The van der Waals surface area contributed by atoms with Crippen LogP contribution in [0.4, 0.5) is 23.5 Å². The maximum absolute atomic E-state index is 12.3. The summed E-state index contributed by atoms with van der Waals surface area (Å²) in [4.78, 5) is 40.7. The number of unbranched alkanes of at least 4 members (excludes halogenated alkanes) is 2. The third kappa shape index (κ3) is 15.6. The summed E-state index contributed by atoms with van der Waals surface area (Å²) >= 11 is 0. The Morgan fingerprint density at radius 2 is 0.918 bits per heavy atom. The van der Waals surface area contributed by atoms with Gasteiger partial charge < -0.3 is 66.7 Å². The van der Waals surface area contributed by atoms with E-state index in [0.717, 1.165) is 22.3 Å². The average Bonchev–Trinajstić information content (AvgIpc) is 3.24. The zero-order valence-corrected chi connectivity index (χ0v) is 35.6. The molecule has 4 aromatic rings. The first-order valence-electron chi connectivity index (χ1n) is 20.1. The molecule has 2 aromatic carbocycles. The van der Waals surface area contributed by atoms with Crippen LogP contribution >= 0.6 is 0 Å². The van der Waals surface area contributed by atoms with Crippen molar-refractivity contribution >= 4 is 35.3 Å². The molecule has 2 amide bonds. The van der Waals surface area contributed by atoms with Crippen molar-refractivity contribution < 1.29 is 42.7 Å². The smallest absolute Gasteiger partial charge is 0.221 e. The van der Waals surface area contributed by atoms with Gasteiger partial charge in [0.05, 0.1) is 41.7 Å². The Balaban J connectivity index is 1.00. The number of amides is 2. The standard InChI is InChI=1S/C42H60N10O9/c1-55-31-21-27(19-29-25-49-41(45)51-39(29)43)22-32(56-2)37(31)60-17-7-5-11-35(53)47-13-9-15-59-16-10-14-48-36(54)12-6-8-18-61-38-33(57-3)23-28(24-34(38)58-4)20-30-26-50-42(46)52-40(30)44/h21-26H,5-20H2,1-4H3,(H,47,53)(H,48,54)(H4,43,45,49,51)(H4,44,46,50,52). The largest absolute Gasteiger partial charge is 0.493 e. The van der Waals surface area contributed by atoms with Crippen molar-refractivity contribution in [3.63, 3.8) is 0 Å². The number of benzene rings is 2. The number of rotatable bonds is 28. The van der Waals surface area contributed by atoms with Crippen LogP contribution in [0, 0.1) is 0 Å². The second-order valence-electron chi connectivity index (χ2n) is 13.9. The molecule has 0 radical (unpaired) electrons. The molecule has 0 saturated heterocycles. The Bertz CT molecular complexity index is 1830. The molecule has 0 atom stereocenters. The molecular weight excluding hydrogens is 789 g/mol. The quantitative estimate of drug-likeness (QED) is 0.0445. The number of carbonyl (C=O) groups excluding carboxylic acids is 2. The molecule has 2 aromatic heterocycles. The number of anilines is 4. The highest BCUT2D eigenvalue weighted by molar-refractivity contribution is 5.76. The lowest BCUT2D eigenvalue weighted by Crippen LogP contribution is -2.26. The highest BCUT2D eigenvalue weighted by Crippen LogP contribution is 2.40. The summed E-state index contributed by atoms with van der Waals surface area (Å²) in [5.41, 5.74) is 26.4. The predicted molar refractivity (Wildman–Crippen MR) is 231 cm³/mol. The predicted octanol–water partition coefficient (Wildman–Crippen LogP) is 3.64. The number of hydrogen-bond acceptors (Lipinski definition) is 17. The van der Waals surface area contributed by atoms with Gasteiger partial charge in [-0.05, 0) is 73.9 Å². The van der Waals surface area contributed by atoms with E-state index in [4.69, 9.17) is 56.1 Å². The summed E-state index contributed by atoms with van der Waals surface area (Å²) in [5.74, 6) is 3.83. The fraction of sp³-hybridized carbons (Fsp3) is 0.476. The lowest BCUT2D eigenvalue weighted by atomic mass is 10.1. The van der Waals surface area contributed by atoms with Crippen molar-refractivity contribution in [2.75, 3.05) is 90.9 Å². The van der Waals surface area contributed by atoms with Crippen LogP contribution in [0.3, 0.4) is 0 Å². The van der Waals surface area contributed by atoms with Gasteiger partial charge in [-0.3, -0.25) is 9.59 Å². The van der Waals surface area contributed by atoms with Crippen LogP contribution in [0.15, 0.2) is 36.7 Å². The molecule has 19 heteroatoms. The van der Waals surface area contributed by atoms with Gasteiger partial charge in [0, 0.05) is 75.5 Å². The lowest BCUT2D eigenvalue weighted by Gasteiger charge is -2.16. The number of nitrogens with two attached hydrogens (primary N) is 4. The Labute approximate surface area is 356 Å². The Kier molecular flexibility index (Phi) is 19.5. The molecule has 4 rings (SSSR count). The summed E-state index contributed by atoms with van der Waals surface area (Å²) < 4.78 is 40.0. The minimum absolute atomic E-state index is 0.0262. The van der Waals surface area contributed by atoms with E-state index < -0.39 is 0 Å². The first kappa shape index (κ1) is 47.2. The van der Waals surface area contributed by atoms with Crippen LogP contribution in [0.1, 0.15) is 73.6 Å². The van der Waals surface area contributed by atoms with E-state index in [1.54, 1.807) is 40.8 Å². The molecule has 332 valence electrons. The van der Waals surface area contributed by atoms with Crippen LogP contribution in [0.5, 0.6) is 34.5 Å². The number of aromatic nitrogens is 4. The highest BCUT2D eigenvalue weighted by Gasteiger charge is 2.18. The molecule has 0 saturated carbocycles. The molecule has 10 N–H and O–H groups in total. The van der Waals surface area contributed by atoms with Crippen LogP contribution in [-0.2, 0) is 27.2 Å². The summed E-state index contributed by atoms with van der Waals surface area (Å²) in [6.07, 6.45) is 8.87. The summed E-state index contributed by atoms with van der Waals surface area (Å²) in [6, 6.07) is 7.40. The summed E-state index contributed by atoms with van der Waals surface area (Å²) in [6.45, 7) is 2.82. The topological polar surface area (TPSA) is 278 Å². The highest BCUT2D eigenvalue weighted by atomic mass is 16.5. The fourth-order valence-corrected chi connectivity index (χ4v) is 6.14. The summed E-state index contributed by atoms with van der Waals surface area (Å²) in [5, 5.41) is 5.85. The van der Waals surface area contributed by atoms with E-state index in [9.17, 15) is 9.59 Å². The van der Waals surface area contributed by atoms with Gasteiger partial charge in [0.15, 0.2) is 23.0 Å². The minimum atomic E-state index is -0.0262. The van der Waals surface area contributed by atoms with Crippen molar-refractivity contribution in [2.45, 2.75) is 64.2 Å². The van der Waals surface area contributed by atoms with Crippen LogP contribution < -0.4 is 62.0 Å². The zero-order valence-electron chi connectivity index (χ0n) is 35.6. The second kappa shape index (κ2) is 25.2. The number of nitrogens with one attached hydrogen (secondary N) is 2. The van der Waals surface area contributed by atoms with E-state index in [0.29, 0.717) is 150 Å². The van der Waals surface area contributed by atoms with Crippen LogP contribution in [0.2, 0.25) is 0 Å². The van der Waals surface area contributed by atoms with Gasteiger partial charge >= 0.3 is 0 Å². The van der Waals surface area contributed by atoms with E-state index in [2.05, 4.69) is 30.6 Å². The minimum Gasteiger partial charge on any atom is -0.493 e. The van der Waals surface area contributed by atoms with Gasteiger partial charge in [0.2, 0.25) is 35.2 Å².